The van der Waals surface area contributed by atoms with Crippen LogP contribution in [0.4, 0.5) is 15.8 Å². The molecule has 0 amide bonds. The normalized spacial score (nSPS) is 10.3. The standard InChI is InChI=1S/C13H9BrClFN2S/c14-10-5-7(1-3-9(10)13(17)19)18-8-2-4-12(16)11(15)6-8/h1-6,18H,(H2,17,19). The summed E-state index contributed by atoms with van der Waals surface area (Å²) in [5.41, 5.74) is 7.85. The van der Waals surface area contributed by atoms with Gasteiger partial charge in [-0.05, 0) is 52.3 Å². The predicted octanol–water partition coefficient (Wildman–Crippen LogP) is 4.62. The number of nitrogens with two attached hydrogens (primary N) is 1. The molecule has 2 nitrogen and oxygen atoms in total. The molecule has 2 aromatic rings. The lowest BCUT2D eigenvalue weighted by atomic mass is 10.2. The summed E-state index contributed by atoms with van der Waals surface area (Å²) >= 11 is 14.0. The molecule has 0 heterocycles. The molecule has 0 aliphatic carbocycles. The third kappa shape index (κ3) is 3.43. The maximum Gasteiger partial charge on any atom is 0.141 e. The van der Waals surface area contributed by atoms with Gasteiger partial charge >= 0.3 is 0 Å². The van der Waals surface area contributed by atoms with Crippen LogP contribution >= 0.6 is 39.7 Å². The van der Waals surface area contributed by atoms with E-state index in [1.54, 1.807) is 12.1 Å². The van der Waals surface area contributed by atoms with Crippen LogP contribution < -0.4 is 11.1 Å². The van der Waals surface area contributed by atoms with Gasteiger partial charge in [0.2, 0.25) is 0 Å². The van der Waals surface area contributed by atoms with Crippen LogP contribution in [0.25, 0.3) is 0 Å². The van der Waals surface area contributed by atoms with E-state index in [4.69, 9.17) is 29.6 Å². The number of rotatable bonds is 3. The van der Waals surface area contributed by atoms with Crippen LogP contribution in [0.3, 0.4) is 0 Å². The lowest BCUT2D eigenvalue weighted by Crippen LogP contribution is -2.10. The van der Waals surface area contributed by atoms with Gasteiger partial charge in [0.15, 0.2) is 0 Å². The van der Waals surface area contributed by atoms with Gasteiger partial charge in [0.1, 0.15) is 10.8 Å². The third-order valence-corrected chi connectivity index (χ3v) is 3.61. The first-order valence-electron chi connectivity index (χ1n) is 5.29. The number of halogens is 3. The van der Waals surface area contributed by atoms with E-state index in [0.29, 0.717) is 10.7 Å². The van der Waals surface area contributed by atoms with Crippen LogP contribution in [0.2, 0.25) is 5.02 Å². The first kappa shape index (κ1) is 14.2. The van der Waals surface area contributed by atoms with Crippen LogP contribution in [0.15, 0.2) is 40.9 Å². The molecule has 0 saturated carbocycles. The lowest BCUT2D eigenvalue weighted by Gasteiger charge is -2.09. The van der Waals surface area contributed by atoms with E-state index in [-0.39, 0.29) is 5.02 Å². The molecular formula is C13H9BrClFN2S. The van der Waals surface area contributed by atoms with Gasteiger partial charge in [0.05, 0.1) is 5.02 Å². The Morgan fingerprint density at radius 1 is 1.21 bits per heavy atom. The van der Waals surface area contributed by atoms with Gasteiger partial charge in [-0.2, -0.15) is 0 Å². The van der Waals surface area contributed by atoms with Gasteiger partial charge in [-0.1, -0.05) is 23.8 Å². The van der Waals surface area contributed by atoms with Crippen molar-refractivity contribution in [3.05, 3.63) is 57.3 Å². The molecule has 0 aliphatic rings. The monoisotopic (exact) mass is 358 g/mol. The number of thiocarbonyl (C=S) groups is 1. The van der Waals surface area contributed by atoms with Crippen molar-refractivity contribution in [3.63, 3.8) is 0 Å². The molecule has 98 valence electrons. The summed E-state index contributed by atoms with van der Waals surface area (Å²) < 4.78 is 13.8. The fourth-order valence-corrected chi connectivity index (χ4v) is 2.62. The second kappa shape index (κ2) is 5.86. The van der Waals surface area contributed by atoms with Crippen molar-refractivity contribution in [2.24, 2.45) is 5.73 Å². The molecule has 0 unspecified atom stereocenters. The molecule has 0 saturated heterocycles. The van der Waals surface area contributed by atoms with Gasteiger partial charge in [-0.3, -0.25) is 0 Å². The number of anilines is 2. The maximum atomic E-state index is 13.0. The Morgan fingerprint density at radius 3 is 2.42 bits per heavy atom. The minimum Gasteiger partial charge on any atom is -0.389 e. The van der Waals surface area contributed by atoms with Gasteiger partial charge in [-0.25, -0.2) is 4.39 Å². The van der Waals surface area contributed by atoms with Gasteiger partial charge in [0, 0.05) is 21.4 Å². The molecule has 19 heavy (non-hydrogen) atoms. The molecule has 2 rings (SSSR count). The SMILES string of the molecule is NC(=S)c1ccc(Nc2ccc(F)c(Cl)c2)cc1Br. The van der Waals surface area contributed by atoms with Crippen molar-refractivity contribution < 1.29 is 4.39 Å². The topological polar surface area (TPSA) is 38.0 Å². The average molecular weight is 360 g/mol. The lowest BCUT2D eigenvalue weighted by molar-refractivity contribution is 0.628. The van der Waals surface area contributed by atoms with Crippen molar-refractivity contribution >= 4 is 56.1 Å². The smallest absolute Gasteiger partial charge is 0.141 e. The molecule has 0 fully saturated rings. The molecule has 0 aliphatic heterocycles. The quantitative estimate of drug-likeness (QED) is 0.785. The number of hydrogen-bond donors (Lipinski definition) is 2. The van der Waals surface area contributed by atoms with Crippen LogP contribution in [0, 0.1) is 5.82 Å². The molecule has 2 aromatic carbocycles. The molecular weight excluding hydrogens is 351 g/mol. The molecule has 3 N–H and O–H groups in total. The van der Waals surface area contributed by atoms with Crippen LogP contribution in [-0.2, 0) is 0 Å². The molecule has 0 bridgehead atoms. The number of hydrogen-bond acceptors (Lipinski definition) is 2. The maximum absolute atomic E-state index is 13.0. The highest BCUT2D eigenvalue weighted by atomic mass is 79.9. The van der Waals surface area contributed by atoms with E-state index in [1.807, 2.05) is 12.1 Å². The molecule has 6 heteroatoms. The van der Waals surface area contributed by atoms with E-state index in [2.05, 4.69) is 21.2 Å². The van der Waals surface area contributed by atoms with E-state index in [1.165, 1.54) is 12.1 Å². The minimum atomic E-state index is -0.447. The van der Waals surface area contributed by atoms with Gasteiger partial charge < -0.3 is 11.1 Å². The molecule has 0 radical (unpaired) electrons. The zero-order valence-electron chi connectivity index (χ0n) is 9.58. The fraction of sp³-hybridized carbons (Fsp3) is 0. The van der Waals surface area contributed by atoms with E-state index in [9.17, 15) is 4.39 Å². The van der Waals surface area contributed by atoms with Crippen LogP contribution in [-0.4, -0.2) is 4.99 Å². The van der Waals surface area contributed by atoms with Crippen LogP contribution in [0.1, 0.15) is 5.56 Å². The third-order valence-electron chi connectivity index (χ3n) is 2.44. The zero-order valence-corrected chi connectivity index (χ0v) is 12.7. The van der Waals surface area contributed by atoms with Crippen molar-refractivity contribution in [1.29, 1.82) is 0 Å². The van der Waals surface area contributed by atoms with Crippen molar-refractivity contribution in [2.45, 2.75) is 0 Å². The summed E-state index contributed by atoms with van der Waals surface area (Å²) in [6.07, 6.45) is 0. The van der Waals surface area contributed by atoms with Crippen molar-refractivity contribution in [3.8, 4) is 0 Å². The van der Waals surface area contributed by atoms with Gasteiger partial charge in [0.25, 0.3) is 0 Å². The second-order valence-electron chi connectivity index (χ2n) is 3.81. The highest BCUT2D eigenvalue weighted by molar-refractivity contribution is 9.10. The Kier molecular flexibility index (Phi) is 4.39. The van der Waals surface area contributed by atoms with Crippen molar-refractivity contribution in [1.82, 2.24) is 0 Å². The average Bonchev–Trinajstić information content (AvgIpc) is 2.33. The fourth-order valence-electron chi connectivity index (χ4n) is 1.53. The van der Waals surface area contributed by atoms with E-state index >= 15 is 0 Å². The van der Waals surface area contributed by atoms with Crippen LogP contribution in [0.5, 0.6) is 0 Å². The Balaban J connectivity index is 2.26. The Morgan fingerprint density at radius 2 is 1.84 bits per heavy atom. The highest BCUT2D eigenvalue weighted by Gasteiger charge is 2.05. The number of nitrogens with one attached hydrogen (secondary N) is 1. The zero-order chi connectivity index (χ0) is 14.0. The Labute approximate surface area is 128 Å². The highest BCUT2D eigenvalue weighted by Crippen LogP contribution is 2.26. The summed E-state index contributed by atoms with van der Waals surface area (Å²) in [4.78, 5) is 0.322. The summed E-state index contributed by atoms with van der Waals surface area (Å²) in [6.45, 7) is 0. The minimum absolute atomic E-state index is 0.0730. The van der Waals surface area contributed by atoms with E-state index < -0.39 is 5.82 Å². The largest absolute Gasteiger partial charge is 0.389 e. The molecule has 0 atom stereocenters. The Hall–Kier alpha value is -1.17. The molecule has 0 spiro atoms. The predicted molar refractivity (Wildman–Crippen MR) is 84.7 cm³/mol. The first-order valence-corrected chi connectivity index (χ1v) is 6.87. The Bertz CT molecular complexity index is 649. The summed E-state index contributed by atoms with van der Waals surface area (Å²) in [5, 5.41) is 3.19. The summed E-state index contributed by atoms with van der Waals surface area (Å²) in [5.74, 6) is -0.447. The first-order chi connectivity index (χ1) is 8.97. The number of benzene rings is 2. The van der Waals surface area contributed by atoms with E-state index in [0.717, 1.165) is 15.7 Å². The summed E-state index contributed by atoms with van der Waals surface area (Å²) in [6, 6.07) is 9.91. The van der Waals surface area contributed by atoms with Crippen molar-refractivity contribution in [2.75, 3.05) is 5.32 Å². The second-order valence-corrected chi connectivity index (χ2v) is 5.51. The molecule has 0 aromatic heterocycles. The van der Waals surface area contributed by atoms with Gasteiger partial charge in [-0.15, -0.1) is 0 Å². The summed E-state index contributed by atoms with van der Waals surface area (Å²) in [7, 11) is 0.